The van der Waals surface area contributed by atoms with Crippen LogP contribution in [0.3, 0.4) is 0 Å². The average molecular weight is 199 g/mol. The zero-order chi connectivity index (χ0) is 10.3. The molecule has 2 aromatic rings. The number of halogens is 3. The smallest absolute Gasteiger partial charge is 0.259 e. The number of rotatable bonds is 0. The lowest BCUT2D eigenvalue weighted by atomic mass is 10.2. The predicted octanol–water partition coefficient (Wildman–Crippen LogP) is 3.43. The molecule has 0 saturated heterocycles. The normalized spacial score (nSPS) is 12.3. The maximum absolute atomic E-state index is 12.5. The maximum Gasteiger partial charge on any atom is 0.488 e. The summed E-state index contributed by atoms with van der Waals surface area (Å²) >= 11 is 0. The van der Waals surface area contributed by atoms with Crippen molar-refractivity contribution in [3.05, 3.63) is 36.0 Å². The molecule has 0 radical (unpaired) electrons. The zero-order valence-corrected chi connectivity index (χ0v) is 7.47. The van der Waals surface area contributed by atoms with E-state index in [1.165, 1.54) is 6.07 Å². The Labute approximate surface area is 78.8 Å². The molecule has 1 aromatic carbocycles. The summed E-state index contributed by atoms with van der Waals surface area (Å²) in [5.74, 6) is 0. The topological polar surface area (TPSA) is 4.93 Å². The Bertz CT molecular complexity index is 468. The molecule has 1 heterocycles. The molecular formula is C10H8F3N. The van der Waals surface area contributed by atoms with Crippen molar-refractivity contribution in [3.8, 4) is 0 Å². The second-order valence-corrected chi connectivity index (χ2v) is 3.17. The number of para-hydroxylation sites is 1. The minimum Gasteiger partial charge on any atom is -0.259 e. The minimum absolute atomic E-state index is 0.206. The fourth-order valence-corrected chi connectivity index (χ4v) is 1.56. The van der Waals surface area contributed by atoms with Gasteiger partial charge in [0.15, 0.2) is 0 Å². The lowest BCUT2D eigenvalue weighted by molar-refractivity contribution is -0.200. The van der Waals surface area contributed by atoms with Gasteiger partial charge >= 0.3 is 6.30 Å². The van der Waals surface area contributed by atoms with Crippen molar-refractivity contribution >= 4 is 10.9 Å². The van der Waals surface area contributed by atoms with Crippen LogP contribution in [0.4, 0.5) is 13.2 Å². The fourth-order valence-electron chi connectivity index (χ4n) is 1.56. The molecule has 1 aromatic heterocycles. The average Bonchev–Trinajstić information content (AvgIpc) is 2.44. The van der Waals surface area contributed by atoms with Gasteiger partial charge in [0.1, 0.15) is 0 Å². The Morgan fingerprint density at radius 3 is 2.43 bits per heavy atom. The number of aryl methyl sites for hydroxylation is 1. The first-order valence-corrected chi connectivity index (χ1v) is 4.14. The second-order valence-electron chi connectivity index (χ2n) is 3.17. The molecule has 0 spiro atoms. The predicted molar refractivity (Wildman–Crippen MR) is 48.0 cm³/mol. The molecule has 0 N–H and O–H groups in total. The largest absolute Gasteiger partial charge is 0.488 e. The van der Waals surface area contributed by atoms with E-state index in [1.807, 2.05) is 0 Å². The van der Waals surface area contributed by atoms with Gasteiger partial charge in [0.05, 0.1) is 5.52 Å². The van der Waals surface area contributed by atoms with Crippen molar-refractivity contribution in [2.45, 2.75) is 13.2 Å². The van der Waals surface area contributed by atoms with Crippen LogP contribution in [0.1, 0.15) is 5.56 Å². The Hall–Kier alpha value is -1.45. The quantitative estimate of drug-likeness (QED) is 0.612. The van der Waals surface area contributed by atoms with Crippen LogP contribution in [-0.4, -0.2) is 4.57 Å². The van der Waals surface area contributed by atoms with E-state index in [9.17, 15) is 13.2 Å². The van der Waals surface area contributed by atoms with Crippen molar-refractivity contribution in [1.29, 1.82) is 0 Å². The Morgan fingerprint density at radius 1 is 1.14 bits per heavy atom. The van der Waals surface area contributed by atoms with E-state index in [0.717, 1.165) is 6.20 Å². The molecular weight excluding hydrogens is 191 g/mol. The lowest BCUT2D eigenvalue weighted by Crippen LogP contribution is -2.14. The molecule has 14 heavy (non-hydrogen) atoms. The molecule has 0 aliphatic carbocycles. The van der Waals surface area contributed by atoms with Gasteiger partial charge in [-0.3, -0.25) is 4.57 Å². The maximum atomic E-state index is 12.5. The third-order valence-corrected chi connectivity index (χ3v) is 2.18. The van der Waals surface area contributed by atoms with Crippen molar-refractivity contribution in [2.75, 3.05) is 0 Å². The summed E-state index contributed by atoms with van der Waals surface area (Å²) in [6.45, 7) is 1.67. The highest BCUT2D eigenvalue weighted by Crippen LogP contribution is 2.30. The van der Waals surface area contributed by atoms with Gasteiger partial charge in [-0.05, 0) is 18.6 Å². The van der Waals surface area contributed by atoms with Gasteiger partial charge in [-0.2, -0.15) is 0 Å². The molecule has 74 valence electrons. The third kappa shape index (κ3) is 1.27. The number of alkyl halides is 3. The van der Waals surface area contributed by atoms with E-state index in [2.05, 4.69) is 0 Å². The molecule has 0 amide bonds. The highest BCUT2D eigenvalue weighted by molar-refractivity contribution is 5.83. The third-order valence-electron chi connectivity index (χ3n) is 2.18. The molecule has 0 bridgehead atoms. The summed E-state index contributed by atoms with van der Waals surface area (Å²) in [6.07, 6.45) is -3.22. The molecule has 0 atom stereocenters. The Morgan fingerprint density at radius 2 is 1.79 bits per heavy atom. The van der Waals surface area contributed by atoms with Crippen LogP contribution in [0.5, 0.6) is 0 Å². The number of nitrogens with zero attached hydrogens (tertiary/aromatic N) is 1. The van der Waals surface area contributed by atoms with Crippen LogP contribution in [0.2, 0.25) is 0 Å². The molecule has 0 aliphatic rings. The second kappa shape index (κ2) is 2.77. The first-order valence-electron chi connectivity index (χ1n) is 4.14. The Balaban J connectivity index is 2.80. The SMILES string of the molecule is Cc1cn(C(F)(F)F)c2ccccc12. The summed E-state index contributed by atoms with van der Waals surface area (Å²) in [7, 11) is 0. The molecule has 4 heteroatoms. The van der Waals surface area contributed by atoms with Crippen LogP contribution in [0, 0.1) is 6.92 Å². The van der Waals surface area contributed by atoms with Gasteiger partial charge in [0.25, 0.3) is 0 Å². The highest BCUT2D eigenvalue weighted by Gasteiger charge is 2.31. The van der Waals surface area contributed by atoms with Gasteiger partial charge in [-0.1, -0.05) is 18.2 Å². The van der Waals surface area contributed by atoms with Gasteiger partial charge < -0.3 is 0 Å². The van der Waals surface area contributed by atoms with Crippen molar-refractivity contribution in [3.63, 3.8) is 0 Å². The summed E-state index contributed by atoms with van der Waals surface area (Å²) in [4.78, 5) is 0. The minimum atomic E-state index is -4.34. The van der Waals surface area contributed by atoms with Gasteiger partial charge in [-0.15, -0.1) is 13.2 Å². The summed E-state index contributed by atoms with van der Waals surface area (Å²) in [5, 5.41) is 0.643. The van der Waals surface area contributed by atoms with Crippen molar-refractivity contribution < 1.29 is 13.2 Å². The van der Waals surface area contributed by atoms with Crippen LogP contribution >= 0.6 is 0 Å². The van der Waals surface area contributed by atoms with Gasteiger partial charge in [0, 0.05) is 11.6 Å². The number of benzene rings is 1. The van der Waals surface area contributed by atoms with E-state index in [4.69, 9.17) is 0 Å². The molecule has 0 fully saturated rings. The highest BCUT2D eigenvalue weighted by atomic mass is 19.4. The van der Waals surface area contributed by atoms with Crippen molar-refractivity contribution in [1.82, 2.24) is 4.57 Å². The number of fused-ring (bicyclic) bond motifs is 1. The number of aromatic nitrogens is 1. The molecule has 0 unspecified atom stereocenters. The van der Waals surface area contributed by atoms with Crippen LogP contribution < -0.4 is 0 Å². The summed E-state index contributed by atoms with van der Waals surface area (Å²) in [5.41, 5.74) is 0.843. The summed E-state index contributed by atoms with van der Waals surface area (Å²) < 4.78 is 37.8. The van der Waals surface area contributed by atoms with E-state index in [-0.39, 0.29) is 5.52 Å². The zero-order valence-electron chi connectivity index (χ0n) is 7.47. The first kappa shape index (κ1) is 9.12. The van der Waals surface area contributed by atoms with Gasteiger partial charge in [0.2, 0.25) is 0 Å². The molecule has 2 rings (SSSR count). The van der Waals surface area contributed by atoms with E-state index >= 15 is 0 Å². The Kier molecular flexibility index (Phi) is 1.80. The standard InChI is InChI=1S/C10H8F3N/c1-7-6-14(10(11,12)13)9-5-3-2-4-8(7)9/h2-6H,1H3. The van der Waals surface area contributed by atoms with E-state index < -0.39 is 6.30 Å². The van der Waals surface area contributed by atoms with E-state index in [0.29, 0.717) is 15.5 Å². The van der Waals surface area contributed by atoms with Crippen LogP contribution in [0.15, 0.2) is 30.5 Å². The fraction of sp³-hybridized carbons (Fsp3) is 0.200. The number of hydrogen-bond donors (Lipinski definition) is 0. The van der Waals surface area contributed by atoms with Crippen LogP contribution in [0.25, 0.3) is 10.9 Å². The van der Waals surface area contributed by atoms with E-state index in [1.54, 1.807) is 25.1 Å². The number of hydrogen-bond acceptors (Lipinski definition) is 0. The molecule has 1 nitrogen and oxygen atoms in total. The van der Waals surface area contributed by atoms with Gasteiger partial charge in [-0.25, -0.2) is 0 Å². The monoisotopic (exact) mass is 199 g/mol. The molecule has 0 saturated carbocycles. The first-order chi connectivity index (χ1) is 6.50. The molecule has 0 aliphatic heterocycles. The van der Waals surface area contributed by atoms with Crippen LogP contribution in [-0.2, 0) is 6.30 Å². The van der Waals surface area contributed by atoms with Crippen molar-refractivity contribution in [2.24, 2.45) is 0 Å². The summed E-state index contributed by atoms with van der Waals surface area (Å²) in [6, 6.07) is 6.49. The lowest BCUT2D eigenvalue weighted by Gasteiger charge is -2.08.